The molecule has 0 bridgehead atoms. The van der Waals surface area contributed by atoms with Gasteiger partial charge in [-0.1, -0.05) is 0 Å². The largest absolute Gasteiger partial charge is 0.508 e. The second-order valence-electron chi connectivity index (χ2n) is 4.84. The first kappa shape index (κ1) is 14.1. The topological polar surface area (TPSA) is 76.7 Å². The second-order valence-corrected chi connectivity index (χ2v) is 4.84. The molecule has 0 aliphatic carbocycles. The molecule has 0 amide bonds. The average molecular weight is 276 g/mol. The molecule has 0 radical (unpaired) electrons. The second kappa shape index (κ2) is 5.36. The van der Waals surface area contributed by atoms with Gasteiger partial charge in [-0.15, -0.1) is 0 Å². The Morgan fingerprint density at radius 1 is 1.40 bits per heavy atom. The molecular formula is C15H16O5. The first-order chi connectivity index (χ1) is 9.36. The number of phenolic OH excluding ortho intramolecular Hbond substituents is 1. The molecule has 1 atom stereocenters. The van der Waals surface area contributed by atoms with Crippen LogP contribution < -0.4 is 5.43 Å². The highest BCUT2D eigenvalue weighted by atomic mass is 16.5. The summed E-state index contributed by atoms with van der Waals surface area (Å²) in [6.07, 6.45) is -0.0778. The van der Waals surface area contributed by atoms with Crippen molar-refractivity contribution in [3.63, 3.8) is 0 Å². The zero-order valence-corrected chi connectivity index (χ0v) is 11.6. The van der Waals surface area contributed by atoms with E-state index >= 15 is 0 Å². The minimum Gasteiger partial charge on any atom is -0.508 e. The molecule has 0 saturated heterocycles. The van der Waals surface area contributed by atoms with E-state index in [0.717, 1.165) is 0 Å². The molecule has 1 aromatic heterocycles. The number of rotatable bonds is 3. The van der Waals surface area contributed by atoms with E-state index in [-0.39, 0.29) is 23.3 Å². The summed E-state index contributed by atoms with van der Waals surface area (Å²) in [6.45, 7) is 4.79. The normalized spacial score (nSPS) is 12.3. The van der Waals surface area contributed by atoms with Crippen LogP contribution in [0.1, 0.15) is 25.2 Å². The fraction of sp³-hybridized carbons (Fsp3) is 0.333. The van der Waals surface area contributed by atoms with Gasteiger partial charge in [-0.2, -0.15) is 0 Å². The summed E-state index contributed by atoms with van der Waals surface area (Å²) in [5.74, 6) is 0.0821. The molecule has 2 aromatic rings. The van der Waals surface area contributed by atoms with Crippen LogP contribution >= 0.6 is 0 Å². The number of carbonyl (C=O) groups is 1. The van der Waals surface area contributed by atoms with Gasteiger partial charge < -0.3 is 14.3 Å². The quantitative estimate of drug-likeness (QED) is 0.870. The Labute approximate surface area is 115 Å². The Balaban J connectivity index is 2.42. The van der Waals surface area contributed by atoms with E-state index in [2.05, 4.69) is 0 Å². The molecule has 0 spiro atoms. The maximum absolute atomic E-state index is 12.1. The molecule has 5 heteroatoms. The average Bonchev–Trinajstić information content (AvgIpc) is 2.25. The Morgan fingerprint density at radius 3 is 2.75 bits per heavy atom. The molecule has 1 heterocycles. The molecule has 106 valence electrons. The van der Waals surface area contributed by atoms with Gasteiger partial charge in [0.05, 0.1) is 5.39 Å². The van der Waals surface area contributed by atoms with Gasteiger partial charge in [0.1, 0.15) is 23.2 Å². The highest BCUT2D eigenvalue weighted by molar-refractivity contribution is 5.81. The maximum atomic E-state index is 12.1. The lowest BCUT2D eigenvalue weighted by molar-refractivity contribution is -0.145. The zero-order chi connectivity index (χ0) is 14.9. The molecule has 2 rings (SSSR count). The zero-order valence-electron chi connectivity index (χ0n) is 11.6. The molecule has 0 saturated carbocycles. The van der Waals surface area contributed by atoms with Crippen molar-refractivity contribution in [1.82, 2.24) is 0 Å². The van der Waals surface area contributed by atoms with Crippen LogP contribution in [-0.2, 0) is 16.0 Å². The minimum absolute atomic E-state index is 0.0448. The van der Waals surface area contributed by atoms with Crippen LogP contribution in [0, 0.1) is 6.92 Å². The Hall–Kier alpha value is -2.30. The number of fused-ring (bicyclic) bond motifs is 1. The number of carbonyl (C=O) groups excluding carboxylic acids is 1. The van der Waals surface area contributed by atoms with Gasteiger partial charge in [0, 0.05) is 25.5 Å². The summed E-state index contributed by atoms with van der Waals surface area (Å²) in [5, 5.41) is 10.0. The number of ether oxygens (including phenoxy) is 1. The molecular weight excluding hydrogens is 260 g/mol. The van der Waals surface area contributed by atoms with Crippen LogP contribution in [0.15, 0.2) is 27.4 Å². The minimum atomic E-state index is -0.383. The van der Waals surface area contributed by atoms with Crippen LogP contribution in [0.2, 0.25) is 0 Å². The number of aryl methyl sites for hydroxylation is 1. The van der Waals surface area contributed by atoms with Gasteiger partial charge in [0.15, 0.2) is 5.43 Å². The Kier molecular flexibility index (Phi) is 3.79. The smallest absolute Gasteiger partial charge is 0.302 e. The Bertz CT molecular complexity index is 714. The van der Waals surface area contributed by atoms with Crippen molar-refractivity contribution in [2.75, 3.05) is 0 Å². The standard InChI is InChI=1S/C15H16O5/c1-8-4-11(17)6-14-15(8)13(18)7-12(20-14)5-9(2)19-10(3)16/h4,6-7,9,17H,5H2,1-3H3/t9-/m0/s1. The van der Waals surface area contributed by atoms with Crippen LogP contribution in [0.5, 0.6) is 5.75 Å². The summed E-state index contributed by atoms with van der Waals surface area (Å²) < 4.78 is 10.6. The summed E-state index contributed by atoms with van der Waals surface area (Å²) in [4.78, 5) is 23.0. The molecule has 20 heavy (non-hydrogen) atoms. The third-order valence-corrected chi connectivity index (χ3v) is 2.92. The van der Waals surface area contributed by atoms with Crippen LogP contribution in [-0.4, -0.2) is 17.2 Å². The van der Waals surface area contributed by atoms with Crippen molar-refractivity contribution in [3.8, 4) is 5.75 Å². The summed E-state index contributed by atoms with van der Waals surface area (Å²) in [6, 6.07) is 4.32. The molecule has 0 unspecified atom stereocenters. The lowest BCUT2D eigenvalue weighted by Crippen LogP contribution is -2.16. The van der Waals surface area contributed by atoms with E-state index in [1.54, 1.807) is 13.8 Å². The highest BCUT2D eigenvalue weighted by Crippen LogP contribution is 2.23. The SMILES string of the molecule is CC(=O)O[C@@H](C)Cc1cc(=O)c2c(C)cc(O)cc2o1. The van der Waals surface area contributed by atoms with E-state index < -0.39 is 0 Å². The lowest BCUT2D eigenvalue weighted by atomic mass is 10.1. The summed E-state index contributed by atoms with van der Waals surface area (Å²) in [5.41, 5.74) is 0.821. The maximum Gasteiger partial charge on any atom is 0.302 e. The number of aromatic hydroxyl groups is 1. The fourth-order valence-corrected chi connectivity index (χ4v) is 2.23. The van der Waals surface area contributed by atoms with Crippen molar-refractivity contribution in [2.45, 2.75) is 33.3 Å². The summed E-state index contributed by atoms with van der Waals surface area (Å²) in [7, 11) is 0. The molecule has 1 N–H and O–H groups in total. The van der Waals surface area contributed by atoms with Crippen LogP contribution in [0.3, 0.4) is 0 Å². The lowest BCUT2D eigenvalue weighted by Gasteiger charge is -2.11. The number of phenols is 1. The van der Waals surface area contributed by atoms with Crippen molar-refractivity contribution in [2.24, 2.45) is 0 Å². The first-order valence-corrected chi connectivity index (χ1v) is 6.30. The van der Waals surface area contributed by atoms with E-state index in [0.29, 0.717) is 28.7 Å². The van der Waals surface area contributed by atoms with E-state index in [1.807, 2.05) is 0 Å². The van der Waals surface area contributed by atoms with Crippen LogP contribution in [0.25, 0.3) is 11.0 Å². The molecule has 1 aromatic carbocycles. The van der Waals surface area contributed by atoms with E-state index in [1.165, 1.54) is 25.1 Å². The third-order valence-electron chi connectivity index (χ3n) is 2.92. The highest BCUT2D eigenvalue weighted by Gasteiger charge is 2.13. The number of esters is 1. The molecule has 0 fully saturated rings. The van der Waals surface area contributed by atoms with Crippen molar-refractivity contribution >= 4 is 16.9 Å². The fourth-order valence-electron chi connectivity index (χ4n) is 2.23. The van der Waals surface area contributed by atoms with Crippen LogP contribution in [0.4, 0.5) is 0 Å². The van der Waals surface area contributed by atoms with Crippen molar-refractivity contribution < 1.29 is 19.1 Å². The predicted octanol–water partition coefficient (Wildman–Crippen LogP) is 2.30. The monoisotopic (exact) mass is 276 g/mol. The molecule has 0 aliphatic heterocycles. The van der Waals surface area contributed by atoms with Gasteiger partial charge in [-0.3, -0.25) is 9.59 Å². The number of benzene rings is 1. The van der Waals surface area contributed by atoms with E-state index in [9.17, 15) is 14.7 Å². The van der Waals surface area contributed by atoms with Crippen molar-refractivity contribution in [1.29, 1.82) is 0 Å². The predicted molar refractivity (Wildman–Crippen MR) is 73.8 cm³/mol. The number of hydrogen-bond donors (Lipinski definition) is 1. The van der Waals surface area contributed by atoms with Gasteiger partial charge >= 0.3 is 5.97 Å². The van der Waals surface area contributed by atoms with Gasteiger partial charge in [-0.25, -0.2) is 0 Å². The van der Waals surface area contributed by atoms with Crippen molar-refractivity contribution in [3.05, 3.63) is 39.7 Å². The number of hydrogen-bond acceptors (Lipinski definition) is 5. The van der Waals surface area contributed by atoms with Gasteiger partial charge in [0.2, 0.25) is 0 Å². The first-order valence-electron chi connectivity index (χ1n) is 6.30. The molecule has 5 nitrogen and oxygen atoms in total. The Morgan fingerprint density at radius 2 is 2.10 bits per heavy atom. The molecule has 0 aliphatic rings. The van der Waals surface area contributed by atoms with Gasteiger partial charge in [0.25, 0.3) is 0 Å². The van der Waals surface area contributed by atoms with E-state index in [4.69, 9.17) is 9.15 Å². The summed E-state index contributed by atoms with van der Waals surface area (Å²) >= 11 is 0. The van der Waals surface area contributed by atoms with Gasteiger partial charge in [-0.05, 0) is 25.5 Å². The third kappa shape index (κ3) is 2.99.